The van der Waals surface area contributed by atoms with Gasteiger partial charge in [-0.05, 0) is 45.2 Å². The normalized spacial score (nSPS) is 13.8. The number of hydrogen-bond acceptors (Lipinski definition) is 4. The minimum Gasteiger partial charge on any atom is -0.479 e. The minimum absolute atomic E-state index is 0.240. The molecule has 6 heteroatoms. The zero-order valence-electron chi connectivity index (χ0n) is 12.0. The monoisotopic (exact) mass is 299 g/mol. The maximum atomic E-state index is 11.6. The van der Waals surface area contributed by atoms with Crippen LogP contribution in [0.4, 0.5) is 0 Å². The summed E-state index contributed by atoms with van der Waals surface area (Å²) in [7, 11) is 0. The molecule has 1 unspecified atom stereocenters. The van der Waals surface area contributed by atoms with Gasteiger partial charge in [-0.2, -0.15) is 0 Å². The van der Waals surface area contributed by atoms with Crippen molar-refractivity contribution >= 4 is 23.2 Å². The van der Waals surface area contributed by atoms with E-state index in [2.05, 4.69) is 25.2 Å². The second kappa shape index (κ2) is 6.85. The van der Waals surface area contributed by atoms with E-state index in [1.54, 1.807) is 11.3 Å². The van der Waals surface area contributed by atoms with Crippen molar-refractivity contribution in [1.29, 1.82) is 0 Å². The predicted molar refractivity (Wildman–Crippen MR) is 78.0 cm³/mol. The zero-order chi connectivity index (χ0) is 15.3. The Labute approximate surface area is 122 Å². The van der Waals surface area contributed by atoms with Gasteiger partial charge in [0.1, 0.15) is 0 Å². The molecule has 112 valence electrons. The van der Waals surface area contributed by atoms with Gasteiger partial charge in [-0.15, -0.1) is 11.3 Å². The average molecular weight is 299 g/mol. The maximum absolute atomic E-state index is 11.6. The lowest BCUT2D eigenvalue weighted by Crippen LogP contribution is -2.46. The molecule has 1 atom stereocenters. The summed E-state index contributed by atoms with van der Waals surface area (Å²) < 4.78 is 0. The van der Waals surface area contributed by atoms with Crippen molar-refractivity contribution in [3.8, 4) is 0 Å². The summed E-state index contributed by atoms with van der Waals surface area (Å²) in [5, 5.41) is 20.6. The minimum atomic E-state index is -1.92. The Balaban J connectivity index is 2.31. The first kappa shape index (κ1) is 16.7. The number of nitrogens with one attached hydrogen (secondary N) is 1. The number of carboxylic acids is 1. The van der Waals surface area contributed by atoms with Gasteiger partial charge >= 0.3 is 5.97 Å². The summed E-state index contributed by atoms with van der Waals surface area (Å²) >= 11 is 1.75. The number of carbonyl (C=O) groups excluding carboxylic acids is 1. The fraction of sp³-hybridized carbons (Fsp3) is 0.571. The summed E-state index contributed by atoms with van der Waals surface area (Å²) in [5.74, 6) is -1.58. The van der Waals surface area contributed by atoms with Gasteiger partial charge in [0.2, 0.25) is 5.91 Å². The molecule has 1 rings (SSSR count). The highest BCUT2D eigenvalue weighted by Crippen LogP contribution is 2.22. The van der Waals surface area contributed by atoms with E-state index in [0.717, 1.165) is 13.3 Å². The Bertz CT molecular complexity index is 493. The molecule has 0 fully saturated rings. The van der Waals surface area contributed by atoms with Crippen LogP contribution >= 0.6 is 11.3 Å². The fourth-order valence-corrected chi connectivity index (χ4v) is 2.78. The van der Waals surface area contributed by atoms with Crippen molar-refractivity contribution in [1.82, 2.24) is 5.32 Å². The van der Waals surface area contributed by atoms with Crippen molar-refractivity contribution in [3.05, 3.63) is 21.4 Å². The number of hydrogen-bond donors (Lipinski definition) is 3. The van der Waals surface area contributed by atoms with Crippen LogP contribution < -0.4 is 5.32 Å². The van der Waals surface area contributed by atoms with Crippen LogP contribution in [0.5, 0.6) is 0 Å². The number of aliphatic hydroxyl groups is 1. The van der Waals surface area contributed by atoms with E-state index in [-0.39, 0.29) is 12.5 Å². The van der Waals surface area contributed by atoms with Crippen molar-refractivity contribution in [3.63, 3.8) is 0 Å². The lowest BCUT2D eigenvalue weighted by atomic mass is 10.1. The van der Waals surface area contributed by atoms with Gasteiger partial charge in [0.15, 0.2) is 5.60 Å². The van der Waals surface area contributed by atoms with Crippen LogP contribution in [0.25, 0.3) is 0 Å². The van der Waals surface area contributed by atoms with Crippen LogP contribution in [0.15, 0.2) is 6.07 Å². The summed E-state index contributed by atoms with van der Waals surface area (Å²) in [5.41, 5.74) is -0.658. The molecule has 0 aliphatic carbocycles. The lowest BCUT2D eigenvalue weighted by molar-refractivity contribution is -0.156. The summed E-state index contributed by atoms with van der Waals surface area (Å²) in [6.45, 7) is 5.00. The largest absolute Gasteiger partial charge is 0.479 e. The molecular formula is C14H21NO4S. The molecule has 1 aromatic rings. The van der Waals surface area contributed by atoms with Gasteiger partial charge in [0.25, 0.3) is 0 Å². The van der Waals surface area contributed by atoms with Crippen molar-refractivity contribution in [2.24, 2.45) is 0 Å². The van der Waals surface area contributed by atoms with Crippen LogP contribution in [0.2, 0.25) is 0 Å². The molecule has 1 aromatic heterocycles. The Morgan fingerprint density at radius 1 is 1.40 bits per heavy atom. The molecule has 0 aliphatic rings. The number of amides is 1. The standard InChI is InChI=1S/C14H21NO4S/c1-9-7-11(10(2)20-9)5-4-6-12(16)15-8-14(3,19)13(17)18/h7,19H,4-6,8H2,1-3H3,(H,15,16)(H,17,18). The molecule has 0 aromatic carbocycles. The molecule has 5 nitrogen and oxygen atoms in total. The van der Waals surface area contributed by atoms with Crippen LogP contribution in [-0.4, -0.2) is 34.2 Å². The molecule has 0 aliphatic heterocycles. The van der Waals surface area contributed by atoms with E-state index in [1.165, 1.54) is 15.3 Å². The molecular weight excluding hydrogens is 278 g/mol. The topological polar surface area (TPSA) is 86.6 Å². The zero-order valence-corrected chi connectivity index (χ0v) is 12.8. The number of carbonyl (C=O) groups is 2. The third kappa shape index (κ3) is 4.94. The lowest BCUT2D eigenvalue weighted by Gasteiger charge is -2.18. The quantitative estimate of drug-likeness (QED) is 0.714. The van der Waals surface area contributed by atoms with E-state index in [1.807, 2.05) is 0 Å². The Morgan fingerprint density at radius 3 is 2.55 bits per heavy atom. The molecule has 1 heterocycles. The Kier molecular flexibility index (Phi) is 5.71. The van der Waals surface area contributed by atoms with Crippen LogP contribution in [0.3, 0.4) is 0 Å². The molecule has 0 radical (unpaired) electrons. The molecule has 3 N–H and O–H groups in total. The van der Waals surface area contributed by atoms with Gasteiger partial charge in [-0.1, -0.05) is 0 Å². The highest BCUT2D eigenvalue weighted by Gasteiger charge is 2.30. The van der Waals surface area contributed by atoms with Gasteiger partial charge in [0.05, 0.1) is 6.54 Å². The fourth-order valence-electron chi connectivity index (χ4n) is 1.81. The van der Waals surface area contributed by atoms with E-state index in [0.29, 0.717) is 12.8 Å². The third-order valence-corrected chi connectivity index (χ3v) is 4.09. The first-order valence-corrected chi connectivity index (χ1v) is 7.32. The second-order valence-corrected chi connectivity index (χ2v) is 6.61. The molecule has 1 amide bonds. The van der Waals surface area contributed by atoms with Gasteiger partial charge in [-0.25, -0.2) is 4.79 Å². The summed E-state index contributed by atoms with van der Waals surface area (Å²) in [6, 6.07) is 2.13. The SMILES string of the molecule is Cc1cc(CCCC(=O)NCC(C)(O)C(=O)O)c(C)s1. The highest BCUT2D eigenvalue weighted by atomic mass is 32.1. The van der Waals surface area contributed by atoms with Gasteiger partial charge in [-0.3, -0.25) is 4.79 Å². The van der Waals surface area contributed by atoms with Gasteiger partial charge in [0, 0.05) is 16.2 Å². The van der Waals surface area contributed by atoms with Gasteiger partial charge < -0.3 is 15.5 Å². The van der Waals surface area contributed by atoms with Crippen molar-refractivity contribution in [2.45, 2.75) is 45.6 Å². The number of aliphatic carboxylic acids is 1. The van der Waals surface area contributed by atoms with E-state index in [9.17, 15) is 14.7 Å². The van der Waals surface area contributed by atoms with Crippen LogP contribution in [0, 0.1) is 13.8 Å². The Hall–Kier alpha value is -1.40. The molecule has 0 saturated heterocycles. The Morgan fingerprint density at radius 2 is 2.05 bits per heavy atom. The third-order valence-electron chi connectivity index (χ3n) is 3.08. The van der Waals surface area contributed by atoms with Crippen LogP contribution in [-0.2, 0) is 16.0 Å². The van der Waals surface area contributed by atoms with Crippen LogP contribution in [0.1, 0.15) is 35.1 Å². The number of thiophene rings is 1. The second-order valence-electron chi connectivity index (χ2n) is 5.15. The molecule has 0 saturated carbocycles. The van der Waals surface area contributed by atoms with Crippen molar-refractivity contribution in [2.75, 3.05) is 6.54 Å². The first-order chi connectivity index (χ1) is 9.22. The number of aryl methyl sites for hydroxylation is 3. The average Bonchev–Trinajstić information content (AvgIpc) is 2.65. The predicted octanol–water partition coefficient (Wildman–Crippen LogP) is 1.64. The van der Waals surface area contributed by atoms with E-state index in [4.69, 9.17) is 5.11 Å². The summed E-state index contributed by atoms with van der Waals surface area (Å²) in [4.78, 5) is 24.8. The highest BCUT2D eigenvalue weighted by molar-refractivity contribution is 7.12. The van der Waals surface area contributed by atoms with E-state index >= 15 is 0 Å². The number of rotatable bonds is 7. The number of carboxylic acid groups (broad SMARTS) is 1. The maximum Gasteiger partial charge on any atom is 0.337 e. The molecule has 20 heavy (non-hydrogen) atoms. The van der Waals surface area contributed by atoms with Crippen molar-refractivity contribution < 1.29 is 19.8 Å². The smallest absolute Gasteiger partial charge is 0.337 e. The summed E-state index contributed by atoms with van der Waals surface area (Å²) in [6.07, 6.45) is 1.86. The molecule has 0 spiro atoms. The van der Waals surface area contributed by atoms with E-state index < -0.39 is 11.6 Å². The molecule has 0 bridgehead atoms. The first-order valence-electron chi connectivity index (χ1n) is 6.51.